The van der Waals surface area contributed by atoms with Crippen LogP contribution >= 0.6 is 0 Å². The summed E-state index contributed by atoms with van der Waals surface area (Å²) in [4.78, 5) is 23.4. The Morgan fingerprint density at radius 1 is 1.12 bits per heavy atom. The van der Waals surface area contributed by atoms with Gasteiger partial charge in [-0.2, -0.15) is 0 Å². The zero-order chi connectivity index (χ0) is 17.2. The number of carbonyl (C=O) groups is 2. The summed E-state index contributed by atoms with van der Waals surface area (Å²) in [5.74, 6) is 1.71. The van der Waals surface area contributed by atoms with Crippen LogP contribution in [0.25, 0.3) is 11.4 Å². The zero-order valence-corrected chi connectivity index (χ0v) is 14.0. The van der Waals surface area contributed by atoms with E-state index < -0.39 is 6.04 Å². The third-order valence-corrected chi connectivity index (χ3v) is 4.83. The molecule has 2 aliphatic rings. The van der Waals surface area contributed by atoms with Crippen LogP contribution in [0, 0.1) is 0 Å². The van der Waals surface area contributed by atoms with Crippen LogP contribution < -0.4 is 10.6 Å². The highest BCUT2D eigenvalue weighted by Crippen LogP contribution is 2.24. The fourth-order valence-electron chi connectivity index (χ4n) is 3.44. The molecule has 1 atom stereocenters. The number of rotatable bonds is 3. The summed E-state index contributed by atoms with van der Waals surface area (Å²) >= 11 is 0. The average molecular weight is 339 g/mol. The summed E-state index contributed by atoms with van der Waals surface area (Å²) < 4.78 is 2.20. The highest BCUT2D eigenvalue weighted by Gasteiger charge is 2.27. The van der Waals surface area contributed by atoms with Gasteiger partial charge in [0.15, 0.2) is 5.82 Å². The quantitative estimate of drug-likeness (QED) is 0.894. The number of hydrogen-bond acceptors (Lipinski definition) is 4. The standard InChI is InChI=1S/C18H21N5O2/c24-16-10-9-14(20-16)18(25)19-13-7-5-12(6-8-13)17-22-21-15-4-2-1-3-11-23(15)17/h5-8,14H,1-4,9-11H2,(H,19,25)(H,20,24)/t14-/m1/s1. The number of fused-ring (bicyclic) bond motifs is 1. The monoisotopic (exact) mass is 339 g/mol. The van der Waals surface area contributed by atoms with Gasteiger partial charge in [0.2, 0.25) is 11.8 Å². The molecule has 1 saturated heterocycles. The summed E-state index contributed by atoms with van der Waals surface area (Å²) in [7, 11) is 0. The van der Waals surface area contributed by atoms with Gasteiger partial charge in [-0.25, -0.2) is 0 Å². The SMILES string of the molecule is O=C1CC[C@H](C(=O)Nc2ccc(-c3nnc4n3CCCCC4)cc2)N1. The Kier molecular flexibility index (Phi) is 4.21. The summed E-state index contributed by atoms with van der Waals surface area (Å²) in [5, 5.41) is 14.2. The Bertz CT molecular complexity index is 796. The number of amides is 2. The first-order chi connectivity index (χ1) is 12.2. The first-order valence-electron chi connectivity index (χ1n) is 8.83. The normalized spacial score (nSPS) is 19.8. The summed E-state index contributed by atoms with van der Waals surface area (Å²) in [6.07, 6.45) is 5.49. The highest BCUT2D eigenvalue weighted by atomic mass is 16.2. The maximum Gasteiger partial charge on any atom is 0.246 e. The largest absolute Gasteiger partial charge is 0.344 e. The fraction of sp³-hybridized carbons (Fsp3) is 0.444. The molecule has 4 rings (SSSR count). The van der Waals surface area contributed by atoms with Crippen LogP contribution in [-0.2, 0) is 22.6 Å². The third-order valence-electron chi connectivity index (χ3n) is 4.83. The lowest BCUT2D eigenvalue weighted by Crippen LogP contribution is -2.37. The Labute approximate surface area is 145 Å². The maximum atomic E-state index is 12.2. The second-order valence-corrected chi connectivity index (χ2v) is 6.63. The molecule has 2 aliphatic heterocycles. The molecule has 0 spiro atoms. The predicted molar refractivity (Wildman–Crippen MR) is 92.8 cm³/mol. The molecule has 1 fully saturated rings. The molecular formula is C18H21N5O2. The molecule has 0 saturated carbocycles. The van der Waals surface area contributed by atoms with E-state index in [0.717, 1.165) is 36.6 Å². The van der Waals surface area contributed by atoms with Crippen LogP contribution in [0.2, 0.25) is 0 Å². The van der Waals surface area contributed by atoms with E-state index in [1.54, 1.807) is 0 Å². The Hall–Kier alpha value is -2.70. The minimum Gasteiger partial charge on any atom is -0.344 e. The number of aromatic nitrogens is 3. The van der Waals surface area contributed by atoms with Crippen LogP contribution in [0.5, 0.6) is 0 Å². The third kappa shape index (κ3) is 3.26. The van der Waals surface area contributed by atoms with Gasteiger partial charge in [-0.3, -0.25) is 9.59 Å². The topological polar surface area (TPSA) is 88.9 Å². The second kappa shape index (κ2) is 6.66. The molecule has 2 N–H and O–H groups in total. The van der Waals surface area contributed by atoms with E-state index in [0.29, 0.717) is 18.5 Å². The first kappa shape index (κ1) is 15.8. The van der Waals surface area contributed by atoms with Crippen LogP contribution in [0.3, 0.4) is 0 Å². The van der Waals surface area contributed by atoms with Gasteiger partial charge in [-0.1, -0.05) is 6.42 Å². The van der Waals surface area contributed by atoms with Gasteiger partial charge in [0.1, 0.15) is 11.9 Å². The molecule has 7 heteroatoms. The van der Waals surface area contributed by atoms with E-state index in [1.165, 1.54) is 12.8 Å². The molecule has 0 bridgehead atoms. The molecule has 25 heavy (non-hydrogen) atoms. The number of benzene rings is 1. The van der Waals surface area contributed by atoms with Crippen molar-refractivity contribution in [3.05, 3.63) is 30.1 Å². The summed E-state index contributed by atoms with van der Waals surface area (Å²) in [5.41, 5.74) is 1.71. The number of nitrogens with zero attached hydrogens (tertiary/aromatic N) is 3. The van der Waals surface area contributed by atoms with Gasteiger partial charge in [-0.05, 0) is 43.5 Å². The van der Waals surface area contributed by atoms with Gasteiger partial charge in [0.25, 0.3) is 0 Å². The van der Waals surface area contributed by atoms with Crippen LogP contribution in [-0.4, -0.2) is 32.6 Å². The van der Waals surface area contributed by atoms with Gasteiger partial charge in [0.05, 0.1) is 0 Å². The van der Waals surface area contributed by atoms with E-state index >= 15 is 0 Å². The summed E-state index contributed by atoms with van der Waals surface area (Å²) in [6.45, 7) is 0.956. The lowest BCUT2D eigenvalue weighted by atomic mass is 10.1. The van der Waals surface area contributed by atoms with Gasteiger partial charge in [0, 0.05) is 30.6 Å². The molecule has 3 heterocycles. The zero-order valence-electron chi connectivity index (χ0n) is 14.0. The minimum absolute atomic E-state index is 0.0667. The van der Waals surface area contributed by atoms with Crippen molar-refractivity contribution in [1.29, 1.82) is 0 Å². The molecule has 0 radical (unpaired) electrons. The van der Waals surface area contributed by atoms with Gasteiger partial charge >= 0.3 is 0 Å². The van der Waals surface area contributed by atoms with Gasteiger partial charge < -0.3 is 15.2 Å². The molecule has 0 aliphatic carbocycles. The van der Waals surface area contributed by atoms with Crippen molar-refractivity contribution in [3.63, 3.8) is 0 Å². The molecule has 1 aromatic heterocycles. The smallest absolute Gasteiger partial charge is 0.246 e. The van der Waals surface area contributed by atoms with Crippen molar-refractivity contribution >= 4 is 17.5 Å². The molecule has 2 aromatic rings. The first-order valence-corrected chi connectivity index (χ1v) is 8.83. The fourth-order valence-corrected chi connectivity index (χ4v) is 3.44. The molecule has 1 aromatic carbocycles. The molecule has 2 amide bonds. The van der Waals surface area contributed by atoms with E-state index in [2.05, 4.69) is 25.4 Å². The highest BCUT2D eigenvalue weighted by molar-refractivity contribution is 5.99. The van der Waals surface area contributed by atoms with Crippen LogP contribution in [0.4, 0.5) is 5.69 Å². The molecule has 130 valence electrons. The van der Waals surface area contributed by atoms with E-state index in [9.17, 15) is 9.59 Å². The van der Waals surface area contributed by atoms with Crippen LogP contribution in [0.1, 0.15) is 37.9 Å². The van der Waals surface area contributed by atoms with Crippen molar-refractivity contribution < 1.29 is 9.59 Å². The van der Waals surface area contributed by atoms with E-state index in [4.69, 9.17) is 0 Å². The number of nitrogens with one attached hydrogen (secondary N) is 2. The summed E-state index contributed by atoms with van der Waals surface area (Å²) in [6, 6.07) is 7.19. The van der Waals surface area contributed by atoms with E-state index in [-0.39, 0.29) is 11.8 Å². The van der Waals surface area contributed by atoms with E-state index in [1.807, 2.05) is 24.3 Å². The van der Waals surface area contributed by atoms with Gasteiger partial charge in [-0.15, -0.1) is 10.2 Å². The Morgan fingerprint density at radius 2 is 1.96 bits per heavy atom. The average Bonchev–Trinajstić information content (AvgIpc) is 3.16. The van der Waals surface area contributed by atoms with Crippen molar-refractivity contribution in [3.8, 4) is 11.4 Å². The molecule has 0 unspecified atom stereocenters. The minimum atomic E-state index is -0.431. The lowest BCUT2D eigenvalue weighted by molar-refractivity contribution is -0.122. The Balaban J connectivity index is 1.48. The Morgan fingerprint density at radius 3 is 2.72 bits per heavy atom. The number of hydrogen-bond donors (Lipinski definition) is 2. The number of carbonyl (C=O) groups excluding carboxylic acids is 2. The lowest BCUT2D eigenvalue weighted by Gasteiger charge is -2.11. The maximum absolute atomic E-state index is 12.2. The predicted octanol–water partition coefficient (Wildman–Crippen LogP) is 1.89. The van der Waals surface area contributed by atoms with Crippen LogP contribution in [0.15, 0.2) is 24.3 Å². The molecular weight excluding hydrogens is 318 g/mol. The van der Waals surface area contributed by atoms with Crippen molar-refractivity contribution in [2.45, 2.75) is 51.1 Å². The van der Waals surface area contributed by atoms with Crippen molar-refractivity contribution in [2.75, 3.05) is 5.32 Å². The second-order valence-electron chi connectivity index (χ2n) is 6.63. The van der Waals surface area contributed by atoms with Crippen molar-refractivity contribution in [1.82, 2.24) is 20.1 Å². The number of anilines is 1. The number of aryl methyl sites for hydroxylation is 1. The van der Waals surface area contributed by atoms with Crippen molar-refractivity contribution in [2.24, 2.45) is 0 Å². The molecule has 7 nitrogen and oxygen atoms in total.